The molecule has 3 rings (SSSR count). The van der Waals surface area contributed by atoms with Crippen molar-refractivity contribution in [1.82, 2.24) is 9.99 Å². The largest absolute Gasteiger partial charge is 0.448 e. The summed E-state index contributed by atoms with van der Waals surface area (Å²) in [6.07, 6.45) is 5.21. The molecule has 1 aromatic carbocycles. The Morgan fingerprint density at radius 2 is 1.91 bits per heavy atom. The molecule has 2 aromatic heterocycles. The third-order valence-corrected chi connectivity index (χ3v) is 3.41. The molecule has 0 aliphatic rings. The Morgan fingerprint density at radius 1 is 1.14 bits per heavy atom. The summed E-state index contributed by atoms with van der Waals surface area (Å²) in [6, 6.07) is 14.6. The Bertz CT molecular complexity index is 806. The quantitative estimate of drug-likeness (QED) is 0.572. The normalized spacial score (nSPS) is 11.0. The van der Waals surface area contributed by atoms with Gasteiger partial charge in [0.2, 0.25) is 0 Å². The Kier molecular flexibility index (Phi) is 4.20. The number of rotatable bonds is 4. The summed E-state index contributed by atoms with van der Waals surface area (Å²) < 4.78 is 7.75. The average Bonchev–Trinajstić information content (AvgIpc) is 3.19. The highest BCUT2D eigenvalue weighted by Gasteiger charge is 2.10. The molecule has 0 saturated carbocycles. The molecule has 3 aromatic rings. The number of hydrogen-bond donors (Lipinski definition) is 1. The molecule has 0 aliphatic carbocycles. The summed E-state index contributed by atoms with van der Waals surface area (Å²) >= 11 is 3.20. The highest BCUT2D eigenvalue weighted by molar-refractivity contribution is 9.10. The number of carbonyl (C=O) groups excluding carboxylic acids is 1. The van der Waals surface area contributed by atoms with E-state index in [1.165, 1.54) is 6.21 Å². The van der Waals surface area contributed by atoms with Crippen LogP contribution in [0.1, 0.15) is 16.1 Å². The number of para-hydroxylation sites is 1. The minimum Gasteiger partial charge on any atom is -0.448 e. The highest BCUT2D eigenvalue weighted by Crippen LogP contribution is 2.15. The first-order chi connectivity index (χ1) is 10.7. The lowest BCUT2D eigenvalue weighted by atomic mass is 10.1. The van der Waals surface area contributed by atoms with Gasteiger partial charge in [-0.1, -0.05) is 12.1 Å². The number of aromatic nitrogens is 1. The zero-order valence-electron chi connectivity index (χ0n) is 11.4. The number of nitrogens with one attached hydrogen (secondary N) is 1. The summed E-state index contributed by atoms with van der Waals surface area (Å²) in [5.41, 5.74) is 3.83. The van der Waals surface area contributed by atoms with E-state index in [4.69, 9.17) is 4.42 Å². The van der Waals surface area contributed by atoms with Gasteiger partial charge < -0.3 is 8.98 Å². The second-order valence-corrected chi connectivity index (χ2v) is 5.23. The fraction of sp³-hybridized carbons (Fsp3) is 0. The van der Waals surface area contributed by atoms with Crippen LogP contribution in [0.25, 0.3) is 5.69 Å². The number of hydrogen-bond acceptors (Lipinski definition) is 3. The van der Waals surface area contributed by atoms with Gasteiger partial charge in [-0.15, -0.1) is 0 Å². The van der Waals surface area contributed by atoms with E-state index in [2.05, 4.69) is 26.5 Å². The van der Waals surface area contributed by atoms with Gasteiger partial charge in [-0.25, -0.2) is 5.43 Å². The average molecular weight is 358 g/mol. The van der Waals surface area contributed by atoms with Crippen LogP contribution >= 0.6 is 15.9 Å². The summed E-state index contributed by atoms with van der Waals surface area (Å²) in [7, 11) is 0. The first-order valence-electron chi connectivity index (χ1n) is 6.55. The SMILES string of the molecule is O=C(N/N=C/c1ccc(Br)o1)c1ccccc1-n1cccc1. The Hall–Kier alpha value is -2.60. The van der Waals surface area contributed by atoms with E-state index in [0.717, 1.165) is 5.69 Å². The van der Waals surface area contributed by atoms with Gasteiger partial charge in [0, 0.05) is 12.4 Å². The van der Waals surface area contributed by atoms with Crippen LogP contribution in [0.2, 0.25) is 0 Å². The van der Waals surface area contributed by atoms with E-state index in [9.17, 15) is 4.79 Å². The van der Waals surface area contributed by atoms with E-state index in [-0.39, 0.29) is 5.91 Å². The Morgan fingerprint density at radius 3 is 2.64 bits per heavy atom. The molecule has 0 saturated heterocycles. The van der Waals surface area contributed by atoms with Gasteiger partial charge in [-0.05, 0) is 52.3 Å². The van der Waals surface area contributed by atoms with Crippen molar-refractivity contribution in [3.63, 3.8) is 0 Å². The maximum absolute atomic E-state index is 12.3. The van der Waals surface area contributed by atoms with Crippen LogP contribution in [0, 0.1) is 0 Å². The maximum Gasteiger partial charge on any atom is 0.273 e. The molecule has 0 spiro atoms. The van der Waals surface area contributed by atoms with Crippen LogP contribution in [0.5, 0.6) is 0 Å². The fourth-order valence-corrected chi connectivity index (χ4v) is 2.32. The van der Waals surface area contributed by atoms with Crippen molar-refractivity contribution in [3.05, 3.63) is 76.9 Å². The van der Waals surface area contributed by atoms with Crippen LogP contribution < -0.4 is 5.43 Å². The summed E-state index contributed by atoms with van der Waals surface area (Å²) in [5, 5.41) is 3.91. The second-order valence-electron chi connectivity index (χ2n) is 4.45. The van der Waals surface area contributed by atoms with E-state index in [1.54, 1.807) is 18.2 Å². The molecular weight excluding hydrogens is 346 g/mol. The van der Waals surface area contributed by atoms with Gasteiger partial charge in [0.25, 0.3) is 5.91 Å². The number of nitrogens with zero attached hydrogens (tertiary/aromatic N) is 2. The third-order valence-electron chi connectivity index (χ3n) is 2.98. The molecule has 1 N–H and O–H groups in total. The predicted molar refractivity (Wildman–Crippen MR) is 87.2 cm³/mol. The molecule has 0 bridgehead atoms. The predicted octanol–water partition coefficient (Wildman–Crippen LogP) is 3.60. The van der Waals surface area contributed by atoms with Gasteiger partial charge in [-0.3, -0.25) is 4.79 Å². The monoisotopic (exact) mass is 357 g/mol. The molecule has 0 fully saturated rings. The Balaban J connectivity index is 1.77. The topological polar surface area (TPSA) is 59.5 Å². The van der Waals surface area contributed by atoms with E-state index in [1.807, 2.05) is 47.3 Å². The minimum atomic E-state index is -0.286. The van der Waals surface area contributed by atoms with Crippen molar-refractivity contribution >= 4 is 28.1 Å². The second kappa shape index (κ2) is 6.44. The lowest BCUT2D eigenvalue weighted by molar-refractivity contribution is 0.0955. The van der Waals surface area contributed by atoms with Crippen LogP contribution in [-0.4, -0.2) is 16.7 Å². The number of hydrazone groups is 1. The maximum atomic E-state index is 12.3. The van der Waals surface area contributed by atoms with Crippen molar-refractivity contribution in [3.8, 4) is 5.69 Å². The van der Waals surface area contributed by atoms with E-state index < -0.39 is 0 Å². The zero-order valence-corrected chi connectivity index (χ0v) is 13.0. The molecular formula is C16H12BrN3O2. The smallest absolute Gasteiger partial charge is 0.273 e. The van der Waals surface area contributed by atoms with E-state index in [0.29, 0.717) is 16.0 Å². The van der Waals surface area contributed by atoms with Gasteiger partial charge in [0.15, 0.2) is 4.67 Å². The molecule has 0 atom stereocenters. The van der Waals surface area contributed by atoms with Crippen LogP contribution in [0.4, 0.5) is 0 Å². The number of benzene rings is 1. The number of amides is 1. The molecule has 110 valence electrons. The lowest BCUT2D eigenvalue weighted by Gasteiger charge is -2.08. The fourth-order valence-electron chi connectivity index (χ4n) is 2.00. The molecule has 1 amide bonds. The minimum absolute atomic E-state index is 0.286. The molecule has 0 unspecified atom stereocenters. The van der Waals surface area contributed by atoms with Crippen molar-refractivity contribution < 1.29 is 9.21 Å². The van der Waals surface area contributed by atoms with E-state index >= 15 is 0 Å². The highest BCUT2D eigenvalue weighted by atomic mass is 79.9. The van der Waals surface area contributed by atoms with Crippen LogP contribution in [0.3, 0.4) is 0 Å². The number of halogens is 1. The molecule has 5 nitrogen and oxygen atoms in total. The summed E-state index contributed by atoms with van der Waals surface area (Å²) in [5.74, 6) is 0.261. The van der Waals surface area contributed by atoms with Crippen molar-refractivity contribution in [2.45, 2.75) is 0 Å². The van der Waals surface area contributed by atoms with Gasteiger partial charge in [-0.2, -0.15) is 5.10 Å². The Labute approximate surface area is 135 Å². The standard InChI is InChI=1S/C16H12BrN3O2/c17-15-8-7-12(22-15)11-18-19-16(21)13-5-1-2-6-14(13)20-9-3-4-10-20/h1-11H,(H,19,21)/b18-11+. The van der Waals surface area contributed by atoms with Gasteiger partial charge in [0.1, 0.15) is 5.76 Å². The molecule has 0 aliphatic heterocycles. The summed E-state index contributed by atoms with van der Waals surface area (Å²) in [6.45, 7) is 0. The van der Waals surface area contributed by atoms with Crippen molar-refractivity contribution in [2.24, 2.45) is 5.10 Å². The van der Waals surface area contributed by atoms with Crippen molar-refractivity contribution in [2.75, 3.05) is 0 Å². The van der Waals surface area contributed by atoms with Crippen LogP contribution in [-0.2, 0) is 0 Å². The van der Waals surface area contributed by atoms with Crippen molar-refractivity contribution in [1.29, 1.82) is 0 Å². The third kappa shape index (κ3) is 3.17. The number of furan rings is 1. The molecule has 22 heavy (non-hydrogen) atoms. The first kappa shape index (κ1) is 14.3. The molecule has 6 heteroatoms. The lowest BCUT2D eigenvalue weighted by Crippen LogP contribution is -2.19. The number of carbonyl (C=O) groups is 1. The first-order valence-corrected chi connectivity index (χ1v) is 7.34. The van der Waals surface area contributed by atoms with Crippen LogP contribution in [0.15, 0.2) is 75.1 Å². The summed E-state index contributed by atoms with van der Waals surface area (Å²) in [4.78, 5) is 12.3. The van der Waals surface area contributed by atoms with Gasteiger partial charge in [0.05, 0.1) is 17.5 Å². The molecule has 2 heterocycles. The molecule has 0 radical (unpaired) electrons. The van der Waals surface area contributed by atoms with Gasteiger partial charge >= 0.3 is 0 Å². The zero-order chi connectivity index (χ0) is 15.4.